The lowest BCUT2D eigenvalue weighted by Gasteiger charge is -2.32. The predicted octanol–water partition coefficient (Wildman–Crippen LogP) is 14.8. The van der Waals surface area contributed by atoms with Crippen LogP contribution in [0.1, 0.15) is 22.9 Å². The Kier molecular flexibility index (Phi) is 8.09. The van der Waals surface area contributed by atoms with E-state index in [0.717, 1.165) is 94.3 Å². The van der Waals surface area contributed by atoms with Crippen LogP contribution in [0, 0.1) is 0 Å². The zero-order chi connectivity index (χ0) is 42.3. The Balaban J connectivity index is 0.931. The molecule has 302 valence electrons. The van der Waals surface area contributed by atoms with E-state index in [9.17, 15) is 0 Å². The van der Waals surface area contributed by atoms with E-state index < -0.39 is 0 Å². The van der Waals surface area contributed by atoms with Gasteiger partial charge < -0.3 is 18.3 Å². The lowest BCUT2D eigenvalue weighted by atomic mass is 9.93. The standard InChI is InChI=1S/C58H38N4O2/c1-61-57(36-15-4-2-5-16-36)59-56(60-58(61)39-29-32-46-45-22-11-13-26-52(45)63-53(46)35-39)38-28-31-47-49-24-14-23-48(55(49)64-54(47)34-38)42-20-9-8-19-41(42)37-27-30-44-43-21-10-12-25-50(43)62(51(44)33-37)40-17-6-3-7-18-40/h2-35,58H,1H3. The second-order valence-corrected chi connectivity index (χ2v) is 16.6. The van der Waals surface area contributed by atoms with Crippen LogP contribution >= 0.6 is 0 Å². The van der Waals surface area contributed by atoms with Gasteiger partial charge in [-0.2, -0.15) is 0 Å². The smallest absolute Gasteiger partial charge is 0.159 e. The van der Waals surface area contributed by atoms with Crippen LogP contribution in [0.2, 0.25) is 0 Å². The van der Waals surface area contributed by atoms with Gasteiger partial charge in [-0.15, -0.1) is 0 Å². The van der Waals surface area contributed by atoms with Gasteiger partial charge in [0.2, 0.25) is 0 Å². The van der Waals surface area contributed by atoms with Gasteiger partial charge in [-0.3, -0.25) is 0 Å². The van der Waals surface area contributed by atoms with Crippen LogP contribution in [-0.4, -0.2) is 28.2 Å². The molecule has 0 amide bonds. The first-order chi connectivity index (χ1) is 31.6. The second-order valence-electron chi connectivity index (χ2n) is 16.6. The van der Waals surface area contributed by atoms with Gasteiger partial charge in [0.05, 0.1) is 11.0 Å². The summed E-state index contributed by atoms with van der Waals surface area (Å²) in [5, 5.41) is 6.75. The molecule has 13 rings (SSSR count). The lowest BCUT2D eigenvalue weighted by Crippen LogP contribution is -2.35. The molecule has 1 atom stereocenters. The lowest BCUT2D eigenvalue weighted by molar-refractivity contribution is 0.383. The number of benzene rings is 9. The first-order valence-corrected chi connectivity index (χ1v) is 21.6. The third-order valence-electron chi connectivity index (χ3n) is 12.9. The number of para-hydroxylation sites is 4. The molecule has 0 radical (unpaired) electrons. The first-order valence-electron chi connectivity index (χ1n) is 21.6. The molecule has 0 spiro atoms. The Bertz CT molecular complexity index is 3870. The molecule has 0 N–H and O–H groups in total. The maximum atomic E-state index is 6.94. The number of amidine groups is 2. The van der Waals surface area contributed by atoms with Gasteiger partial charge in [0.15, 0.2) is 12.0 Å². The molecular formula is C58H38N4O2. The fraction of sp³-hybridized carbons (Fsp3) is 0.0345. The average Bonchev–Trinajstić information content (AvgIpc) is 4.03. The molecule has 0 saturated heterocycles. The Morgan fingerprint density at radius 2 is 1.05 bits per heavy atom. The number of aromatic nitrogens is 1. The van der Waals surface area contributed by atoms with Crippen molar-refractivity contribution >= 4 is 77.4 Å². The summed E-state index contributed by atoms with van der Waals surface area (Å²) in [5.41, 5.74) is 14.2. The van der Waals surface area contributed by atoms with Crippen molar-refractivity contribution in [2.45, 2.75) is 6.17 Å². The molecule has 4 heterocycles. The molecule has 0 saturated carbocycles. The Morgan fingerprint density at radius 3 is 1.92 bits per heavy atom. The van der Waals surface area contributed by atoms with E-state index in [0.29, 0.717) is 5.84 Å². The van der Waals surface area contributed by atoms with Gasteiger partial charge in [-0.25, -0.2) is 9.98 Å². The van der Waals surface area contributed by atoms with E-state index in [2.05, 4.69) is 186 Å². The van der Waals surface area contributed by atoms with Crippen LogP contribution in [0.4, 0.5) is 0 Å². The Labute approximate surface area is 368 Å². The van der Waals surface area contributed by atoms with Crippen molar-refractivity contribution in [3.05, 3.63) is 223 Å². The van der Waals surface area contributed by atoms with E-state index in [-0.39, 0.29) is 6.17 Å². The third-order valence-corrected chi connectivity index (χ3v) is 12.9. The molecule has 0 bridgehead atoms. The molecule has 9 aromatic carbocycles. The Hall–Kier alpha value is -8.48. The molecular weight excluding hydrogens is 785 g/mol. The summed E-state index contributed by atoms with van der Waals surface area (Å²) in [6.07, 6.45) is -0.344. The highest BCUT2D eigenvalue weighted by Crippen LogP contribution is 2.42. The van der Waals surface area contributed by atoms with Crippen molar-refractivity contribution in [2.75, 3.05) is 7.05 Å². The van der Waals surface area contributed by atoms with Crippen LogP contribution < -0.4 is 0 Å². The molecule has 6 heteroatoms. The third kappa shape index (κ3) is 5.66. The maximum Gasteiger partial charge on any atom is 0.159 e. The van der Waals surface area contributed by atoms with Crippen LogP contribution in [0.25, 0.3) is 93.6 Å². The fourth-order valence-corrected chi connectivity index (χ4v) is 9.83. The van der Waals surface area contributed by atoms with E-state index in [1.165, 1.54) is 21.8 Å². The van der Waals surface area contributed by atoms with Crippen molar-refractivity contribution < 1.29 is 8.83 Å². The number of hydrogen-bond acceptors (Lipinski definition) is 5. The number of fused-ring (bicyclic) bond motifs is 9. The van der Waals surface area contributed by atoms with Crippen molar-refractivity contribution in [1.82, 2.24) is 9.47 Å². The van der Waals surface area contributed by atoms with Crippen molar-refractivity contribution in [3.63, 3.8) is 0 Å². The number of nitrogens with zero attached hydrogens (tertiary/aromatic N) is 4. The van der Waals surface area contributed by atoms with Crippen LogP contribution in [0.3, 0.4) is 0 Å². The summed E-state index contributed by atoms with van der Waals surface area (Å²) in [6.45, 7) is 0. The average molecular weight is 823 g/mol. The van der Waals surface area contributed by atoms with Crippen molar-refractivity contribution in [3.8, 4) is 27.9 Å². The Morgan fingerprint density at radius 1 is 0.422 bits per heavy atom. The molecule has 12 aromatic rings. The summed E-state index contributed by atoms with van der Waals surface area (Å²) in [5.74, 6) is 1.48. The zero-order valence-electron chi connectivity index (χ0n) is 34.8. The summed E-state index contributed by atoms with van der Waals surface area (Å²) in [4.78, 5) is 12.7. The number of hydrogen-bond donors (Lipinski definition) is 0. The quantitative estimate of drug-likeness (QED) is 0.168. The topological polar surface area (TPSA) is 59.2 Å². The highest BCUT2D eigenvalue weighted by Gasteiger charge is 2.28. The van der Waals surface area contributed by atoms with Gasteiger partial charge in [0, 0.05) is 67.3 Å². The minimum absolute atomic E-state index is 0.344. The molecule has 3 aromatic heterocycles. The highest BCUT2D eigenvalue weighted by molar-refractivity contribution is 6.16. The van der Waals surface area contributed by atoms with Gasteiger partial charge in [0.25, 0.3) is 0 Å². The molecule has 0 aliphatic carbocycles. The summed E-state index contributed by atoms with van der Waals surface area (Å²) < 4.78 is 15.6. The number of furan rings is 2. The predicted molar refractivity (Wildman–Crippen MR) is 263 cm³/mol. The molecule has 64 heavy (non-hydrogen) atoms. The van der Waals surface area contributed by atoms with Crippen LogP contribution in [-0.2, 0) is 0 Å². The zero-order valence-corrected chi connectivity index (χ0v) is 34.8. The van der Waals surface area contributed by atoms with Gasteiger partial charge in [-0.1, -0.05) is 158 Å². The van der Waals surface area contributed by atoms with Gasteiger partial charge in [0.1, 0.15) is 28.2 Å². The highest BCUT2D eigenvalue weighted by atomic mass is 16.3. The van der Waals surface area contributed by atoms with E-state index in [1.54, 1.807) is 0 Å². The van der Waals surface area contributed by atoms with Crippen LogP contribution in [0.15, 0.2) is 225 Å². The second kappa shape index (κ2) is 14.3. The van der Waals surface area contributed by atoms with E-state index in [1.807, 2.05) is 36.4 Å². The SMILES string of the molecule is CN1C(c2ccccc2)=NC(c2ccc3c(c2)oc2c(-c4ccccc4-c4ccc5c6ccccc6n(-c6ccccc6)c5c4)cccc23)=NC1c1ccc2c(c1)oc1ccccc12. The minimum Gasteiger partial charge on any atom is -0.456 e. The molecule has 1 aliphatic rings. The summed E-state index contributed by atoms with van der Waals surface area (Å²) in [6, 6.07) is 72.5. The molecule has 6 nitrogen and oxygen atoms in total. The van der Waals surface area contributed by atoms with Crippen molar-refractivity contribution in [1.29, 1.82) is 0 Å². The van der Waals surface area contributed by atoms with Crippen molar-refractivity contribution in [2.24, 2.45) is 9.98 Å². The van der Waals surface area contributed by atoms with Gasteiger partial charge >= 0.3 is 0 Å². The van der Waals surface area contributed by atoms with Gasteiger partial charge in [-0.05, 0) is 65.2 Å². The van der Waals surface area contributed by atoms with E-state index >= 15 is 0 Å². The van der Waals surface area contributed by atoms with Crippen LogP contribution in [0.5, 0.6) is 0 Å². The first kappa shape index (κ1) is 36.2. The number of aliphatic imine (C=N–C) groups is 2. The van der Waals surface area contributed by atoms with E-state index in [4.69, 9.17) is 18.8 Å². The number of rotatable bonds is 6. The normalized spacial score (nSPS) is 14.3. The summed E-state index contributed by atoms with van der Waals surface area (Å²) in [7, 11) is 2.06. The fourth-order valence-electron chi connectivity index (χ4n) is 9.83. The monoisotopic (exact) mass is 822 g/mol. The molecule has 1 aliphatic heterocycles. The molecule has 1 unspecified atom stereocenters. The maximum absolute atomic E-state index is 6.94. The molecule has 0 fully saturated rings. The summed E-state index contributed by atoms with van der Waals surface area (Å²) >= 11 is 0. The minimum atomic E-state index is -0.344. The largest absolute Gasteiger partial charge is 0.456 e.